The van der Waals surface area contributed by atoms with E-state index in [1.165, 1.54) is 54.2 Å². The predicted molar refractivity (Wildman–Crippen MR) is 173 cm³/mol. The minimum atomic E-state index is 0.951. The highest BCUT2D eigenvalue weighted by Gasteiger charge is 2.23. The zero-order valence-corrected chi connectivity index (χ0v) is 22.3. The van der Waals surface area contributed by atoms with Crippen molar-refractivity contribution in [1.29, 1.82) is 0 Å². The highest BCUT2D eigenvalue weighted by molar-refractivity contribution is 6.33. The van der Waals surface area contributed by atoms with Crippen molar-refractivity contribution in [3.63, 3.8) is 0 Å². The van der Waals surface area contributed by atoms with Crippen LogP contribution in [0, 0.1) is 0 Å². The molecule has 0 atom stereocenters. The molecule has 0 N–H and O–H groups in total. The summed E-state index contributed by atoms with van der Waals surface area (Å²) in [5, 5.41) is 9.97. The van der Waals surface area contributed by atoms with Gasteiger partial charge in [-0.2, -0.15) is 0 Å². The fourth-order valence-electron chi connectivity index (χ4n) is 6.70. The first-order valence-corrected chi connectivity index (χ1v) is 14.1. The second-order valence-electron chi connectivity index (χ2n) is 10.8. The van der Waals surface area contributed by atoms with Crippen molar-refractivity contribution in [3.8, 4) is 28.2 Å². The summed E-state index contributed by atoms with van der Waals surface area (Å²) >= 11 is 0. The molecule has 0 spiro atoms. The van der Waals surface area contributed by atoms with Crippen LogP contribution in [0.5, 0.6) is 0 Å². The number of rotatable bonds is 3. The van der Waals surface area contributed by atoms with Gasteiger partial charge in [-0.15, -0.1) is 0 Å². The highest BCUT2D eigenvalue weighted by Crippen LogP contribution is 2.44. The number of imidazole rings is 1. The maximum absolute atomic E-state index is 5.54. The largest absolute Gasteiger partial charge is 0.292 e. The molecule has 0 saturated carbocycles. The Hall–Kier alpha value is -5.47. The van der Waals surface area contributed by atoms with Crippen LogP contribution in [0.25, 0.3) is 82.3 Å². The first kappa shape index (κ1) is 22.4. The molecule has 0 unspecified atom stereocenters. The molecule has 9 aromatic rings. The molecule has 41 heavy (non-hydrogen) atoms. The summed E-state index contributed by atoms with van der Waals surface area (Å²) in [5.74, 6) is 0.951. The van der Waals surface area contributed by atoms with Crippen LogP contribution in [0.3, 0.4) is 0 Å². The predicted octanol–water partition coefficient (Wildman–Crippen LogP) is 10.4. The Morgan fingerprint density at radius 2 is 1.05 bits per heavy atom. The Labute approximate surface area is 237 Å². The number of hydrogen-bond acceptors (Lipinski definition) is 1. The van der Waals surface area contributed by atoms with Crippen molar-refractivity contribution in [2.45, 2.75) is 0 Å². The summed E-state index contributed by atoms with van der Waals surface area (Å²) in [6.45, 7) is 0. The Morgan fingerprint density at radius 1 is 0.439 bits per heavy atom. The minimum Gasteiger partial charge on any atom is -0.292 e. The van der Waals surface area contributed by atoms with Crippen molar-refractivity contribution in [3.05, 3.63) is 146 Å². The van der Waals surface area contributed by atoms with Gasteiger partial charge in [0.2, 0.25) is 0 Å². The van der Waals surface area contributed by atoms with Gasteiger partial charge in [0.25, 0.3) is 0 Å². The van der Waals surface area contributed by atoms with Crippen LogP contribution in [-0.4, -0.2) is 9.55 Å². The first-order chi connectivity index (χ1) is 20.3. The number of hydrogen-bond donors (Lipinski definition) is 0. The van der Waals surface area contributed by atoms with E-state index < -0.39 is 0 Å². The molecule has 190 valence electrons. The highest BCUT2D eigenvalue weighted by atomic mass is 15.1. The van der Waals surface area contributed by atoms with Crippen LogP contribution in [0.4, 0.5) is 0 Å². The molecular formula is C39H24N2. The summed E-state index contributed by atoms with van der Waals surface area (Å²) in [5.41, 5.74) is 6.76. The topological polar surface area (TPSA) is 17.8 Å². The normalized spacial score (nSPS) is 11.9. The molecule has 0 aliphatic carbocycles. The number of aromatic nitrogens is 2. The number of fused-ring (bicyclic) bond motifs is 4. The lowest BCUT2D eigenvalue weighted by molar-refractivity contribution is 1.11. The van der Waals surface area contributed by atoms with Crippen LogP contribution < -0.4 is 0 Å². The minimum absolute atomic E-state index is 0.951. The summed E-state index contributed by atoms with van der Waals surface area (Å²) < 4.78 is 2.40. The molecule has 0 fully saturated rings. The number of benzene rings is 8. The van der Waals surface area contributed by atoms with Crippen LogP contribution in [0.2, 0.25) is 0 Å². The van der Waals surface area contributed by atoms with Gasteiger partial charge in [-0.05, 0) is 55.6 Å². The second kappa shape index (κ2) is 8.51. The van der Waals surface area contributed by atoms with Crippen molar-refractivity contribution < 1.29 is 0 Å². The average Bonchev–Trinajstić information content (AvgIpc) is 3.45. The van der Waals surface area contributed by atoms with Crippen LogP contribution in [-0.2, 0) is 0 Å². The fraction of sp³-hybridized carbons (Fsp3) is 0. The van der Waals surface area contributed by atoms with E-state index >= 15 is 0 Å². The third kappa shape index (κ3) is 3.22. The molecule has 1 heterocycles. The number of nitrogens with zero attached hydrogens (tertiary/aromatic N) is 2. The summed E-state index contributed by atoms with van der Waals surface area (Å²) in [7, 11) is 0. The Bertz CT molecular complexity index is 2410. The van der Waals surface area contributed by atoms with Crippen molar-refractivity contribution in [2.24, 2.45) is 0 Å². The third-order valence-corrected chi connectivity index (χ3v) is 8.52. The van der Waals surface area contributed by atoms with E-state index in [1.807, 2.05) is 0 Å². The average molecular weight is 521 g/mol. The second-order valence-corrected chi connectivity index (χ2v) is 10.8. The molecule has 0 aliphatic heterocycles. The Kier molecular flexibility index (Phi) is 4.64. The van der Waals surface area contributed by atoms with Crippen molar-refractivity contribution >= 4 is 54.1 Å². The van der Waals surface area contributed by atoms with Gasteiger partial charge in [0.1, 0.15) is 5.82 Å². The third-order valence-electron chi connectivity index (χ3n) is 8.52. The van der Waals surface area contributed by atoms with Gasteiger partial charge in [0, 0.05) is 22.0 Å². The van der Waals surface area contributed by atoms with Crippen LogP contribution >= 0.6 is 0 Å². The van der Waals surface area contributed by atoms with Gasteiger partial charge in [0.15, 0.2) is 0 Å². The maximum Gasteiger partial charge on any atom is 0.146 e. The van der Waals surface area contributed by atoms with E-state index in [-0.39, 0.29) is 0 Å². The van der Waals surface area contributed by atoms with Gasteiger partial charge in [0.05, 0.1) is 11.0 Å². The van der Waals surface area contributed by atoms with E-state index in [0.29, 0.717) is 0 Å². The van der Waals surface area contributed by atoms with Gasteiger partial charge < -0.3 is 0 Å². The molecular weight excluding hydrogens is 496 g/mol. The van der Waals surface area contributed by atoms with Gasteiger partial charge in [-0.1, -0.05) is 133 Å². The molecule has 0 radical (unpaired) electrons. The van der Waals surface area contributed by atoms with Crippen molar-refractivity contribution in [2.75, 3.05) is 0 Å². The van der Waals surface area contributed by atoms with Crippen molar-refractivity contribution in [1.82, 2.24) is 9.55 Å². The van der Waals surface area contributed by atoms with E-state index in [9.17, 15) is 0 Å². The summed E-state index contributed by atoms with van der Waals surface area (Å²) in [4.78, 5) is 5.54. The van der Waals surface area contributed by atoms with E-state index in [4.69, 9.17) is 4.98 Å². The van der Waals surface area contributed by atoms with Gasteiger partial charge in [-0.25, -0.2) is 4.98 Å². The monoisotopic (exact) mass is 520 g/mol. The van der Waals surface area contributed by atoms with Gasteiger partial charge >= 0.3 is 0 Å². The molecule has 0 saturated heterocycles. The summed E-state index contributed by atoms with van der Waals surface area (Å²) in [6.07, 6.45) is 0. The molecule has 8 aromatic carbocycles. The summed E-state index contributed by atoms with van der Waals surface area (Å²) in [6, 6.07) is 52.4. The Balaban J connectivity index is 1.50. The molecule has 1 aromatic heterocycles. The zero-order chi connectivity index (χ0) is 26.9. The molecule has 0 aliphatic rings. The zero-order valence-electron chi connectivity index (χ0n) is 22.3. The van der Waals surface area contributed by atoms with Gasteiger partial charge in [-0.3, -0.25) is 4.57 Å². The molecule has 0 bridgehead atoms. The fourth-order valence-corrected chi connectivity index (χ4v) is 6.70. The lowest BCUT2D eigenvalue weighted by Gasteiger charge is -2.16. The van der Waals surface area contributed by atoms with E-state index in [1.54, 1.807) is 0 Å². The molecule has 2 nitrogen and oxygen atoms in total. The lowest BCUT2D eigenvalue weighted by Crippen LogP contribution is -1.99. The quantitative estimate of drug-likeness (QED) is 0.212. The maximum atomic E-state index is 5.54. The van der Waals surface area contributed by atoms with E-state index in [0.717, 1.165) is 28.1 Å². The SMILES string of the molecule is c1ccc(-c2ccccc2-c2nc3c4cccc5ccc6cccc(c6c54)c3n2-c2ccc3ccccc3c2)cc1. The lowest BCUT2D eigenvalue weighted by atomic mass is 9.93. The standard InChI is InChI=1S/C39H24N2/c1-2-11-26(12-3-1)31-16-6-7-17-32(31)39-40-37-33-18-8-14-27-20-21-28-15-9-19-34(36(28)35(27)33)38(37)41(39)30-23-22-25-10-4-5-13-29(25)24-30/h1-24H. The van der Waals surface area contributed by atoms with Crippen LogP contribution in [0.1, 0.15) is 0 Å². The molecule has 9 rings (SSSR count). The smallest absolute Gasteiger partial charge is 0.146 e. The Morgan fingerprint density at radius 3 is 1.85 bits per heavy atom. The van der Waals surface area contributed by atoms with Crippen LogP contribution in [0.15, 0.2) is 146 Å². The molecule has 2 heteroatoms. The molecule has 0 amide bonds. The van der Waals surface area contributed by atoms with E-state index in [2.05, 4.69) is 150 Å². The first-order valence-electron chi connectivity index (χ1n) is 14.1.